The van der Waals surface area contributed by atoms with Crippen LogP contribution in [0, 0.1) is 11.3 Å². The van der Waals surface area contributed by atoms with Crippen LogP contribution in [-0.4, -0.2) is 34.4 Å². The SMILES string of the molecule is CN(CCc1ccc2nc[nH]c2c1)C(=O)C#N. The largest absolute Gasteiger partial charge is 0.345 e. The Hall–Kier alpha value is -2.35. The number of rotatable bonds is 3. The molecule has 2 rings (SSSR count). The van der Waals surface area contributed by atoms with Crippen LogP contribution in [-0.2, 0) is 11.2 Å². The lowest BCUT2D eigenvalue weighted by atomic mass is 10.1. The Labute approximate surface area is 98.7 Å². The van der Waals surface area contributed by atoms with Crippen molar-refractivity contribution < 1.29 is 4.79 Å². The van der Waals surface area contributed by atoms with Crippen molar-refractivity contribution in [1.29, 1.82) is 5.26 Å². The highest BCUT2D eigenvalue weighted by atomic mass is 16.2. The number of benzene rings is 1. The molecule has 17 heavy (non-hydrogen) atoms. The predicted molar refractivity (Wildman–Crippen MR) is 63.0 cm³/mol. The molecule has 1 amide bonds. The molecule has 1 aromatic heterocycles. The lowest BCUT2D eigenvalue weighted by Crippen LogP contribution is -2.27. The maximum absolute atomic E-state index is 11.1. The van der Waals surface area contributed by atoms with E-state index in [-0.39, 0.29) is 0 Å². The number of H-pyrrole nitrogens is 1. The first-order chi connectivity index (χ1) is 8.20. The van der Waals surface area contributed by atoms with Crippen molar-refractivity contribution in [3.8, 4) is 6.07 Å². The number of imidazole rings is 1. The summed E-state index contributed by atoms with van der Waals surface area (Å²) in [5.41, 5.74) is 3.02. The number of hydrogen-bond acceptors (Lipinski definition) is 3. The Bertz CT molecular complexity index is 581. The molecule has 0 aliphatic rings. The minimum atomic E-state index is -0.507. The fourth-order valence-corrected chi connectivity index (χ4v) is 1.62. The van der Waals surface area contributed by atoms with Crippen LogP contribution in [0.2, 0.25) is 0 Å². The van der Waals surface area contributed by atoms with Gasteiger partial charge in [-0.3, -0.25) is 4.79 Å². The normalized spacial score (nSPS) is 10.1. The first-order valence-corrected chi connectivity index (χ1v) is 5.28. The third-order valence-corrected chi connectivity index (χ3v) is 2.66. The number of nitrogens with one attached hydrogen (secondary N) is 1. The Morgan fingerprint density at radius 3 is 3.18 bits per heavy atom. The van der Waals surface area contributed by atoms with Crippen LogP contribution in [0.15, 0.2) is 24.5 Å². The summed E-state index contributed by atoms with van der Waals surface area (Å²) >= 11 is 0. The third kappa shape index (κ3) is 2.42. The van der Waals surface area contributed by atoms with E-state index in [0.717, 1.165) is 23.0 Å². The zero-order valence-electron chi connectivity index (χ0n) is 9.47. The molecule has 5 nitrogen and oxygen atoms in total. The van der Waals surface area contributed by atoms with Crippen molar-refractivity contribution in [3.05, 3.63) is 30.1 Å². The molecule has 1 N–H and O–H groups in total. The molecule has 0 fully saturated rings. The predicted octanol–water partition coefficient (Wildman–Crippen LogP) is 1.09. The minimum absolute atomic E-state index is 0.507. The lowest BCUT2D eigenvalue weighted by molar-refractivity contribution is -0.124. The molecule has 0 spiro atoms. The van der Waals surface area contributed by atoms with Gasteiger partial charge in [0.2, 0.25) is 0 Å². The quantitative estimate of drug-likeness (QED) is 0.799. The molecule has 0 aliphatic heterocycles. The van der Waals surface area contributed by atoms with Gasteiger partial charge >= 0.3 is 5.91 Å². The summed E-state index contributed by atoms with van der Waals surface area (Å²) in [7, 11) is 1.63. The molecular weight excluding hydrogens is 216 g/mol. The summed E-state index contributed by atoms with van der Waals surface area (Å²) in [4.78, 5) is 19.6. The minimum Gasteiger partial charge on any atom is -0.345 e. The van der Waals surface area contributed by atoms with Crippen LogP contribution in [0.5, 0.6) is 0 Å². The van der Waals surface area contributed by atoms with E-state index in [4.69, 9.17) is 5.26 Å². The summed E-state index contributed by atoms with van der Waals surface area (Å²) in [5, 5.41) is 8.46. The van der Waals surface area contributed by atoms with E-state index in [1.165, 1.54) is 4.90 Å². The molecule has 2 aromatic rings. The molecule has 0 bridgehead atoms. The van der Waals surface area contributed by atoms with Gasteiger partial charge in [0.15, 0.2) is 6.07 Å². The van der Waals surface area contributed by atoms with E-state index < -0.39 is 5.91 Å². The summed E-state index contributed by atoms with van der Waals surface area (Å²) in [5.74, 6) is -0.507. The standard InChI is InChI=1S/C12H12N4O/c1-16(12(17)7-13)5-4-9-2-3-10-11(6-9)15-8-14-10/h2-3,6,8H,4-5H2,1H3,(H,14,15). The van der Waals surface area contributed by atoms with Crippen molar-refractivity contribution in [1.82, 2.24) is 14.9 Å². The fourth-order valence-electron chi connectivity index (χ4n) is 1.62. The van der Waals surface area contributed by atoms with Gasteiger partial charge < -0.3 is 9.88 Å². The van der Waals surface area contributed by atoms with Gasteiger partial charge in [-0.2, -0.15) is 5.26 Å². The molecule has 0 unspecified atom stereocenters. The van der Waals surface area contributed by atoms with E-state index in [0.29, 0.717) is 6.54 Å². The van der Waals surface area contributed by atoms with Crippen LogP contribution in [0.1, 0.15) is 5.56 Å². The summed E-state index contributed by atoms with van der Waals surface area (Å²) in [6, 6.07) is 7.52. The van der Waals surface area contributed by atoms with Gasteiger partial charge in [-0.15, -0.1) is 0 Å². The van der Waals surface area contributed by atoms with Gasteiger partial charge in [-0.25, -0.2) is 4.98 Å². The first-order valence-electron chi connectivity index (χ1n) is 5.28. The second kappa shape index (κ2) is 4.66. The Morgan fingerprint density at radius 2 is 2.41 bits per heavy atom. The van der Waals surface area contributed by atoms with Crippen molar-refractivity contribution in [2.45, 2.75) is 6.42 Å². The maximum Gasteiger partial charge on any atom is 0.324 e. The van der Waals surface area contributed by atoms with Gasteiger partial charge in [0.1, 0.15) is 0 Å². The molecule has 1 heterocycles. The lowest BCUT2D eigenvalue weighted by Gasteiger charge is -2.12. The van der Waals surface area contributed by atoms with E-state index in [9.17, 15) is 4.79 Å². The number of fused-ring (bicyclic) bond motifs is 1. The van der Waals surface area contributed by atoms with Crippen LogP contribution >= 0.6 is 0 Å². The zero-order chi connectivity index (χ0) is 12.3. The molecule has 1 aromatic carbocycles. The number of carbonyl (C=O) groups is 1. The smallest absolute Gasteiger partial charge is 0.324 e. The maximum atomic E-state index is 11.1. The molecule has 0 saturated carbocycles. The van der Waals surface area contributed by atoms with Crippen molar-refractivity contribution in [2.75, 3.05) is 13.6 Å². The average molecular weight is 228 g/mol. The Morgan fingerprint density at radius 1 is 1.59 bits per heavy atom. The molecule has 0 saturated heterocycles. The van der Waals surface area contributed by atoms with Gasteiger partial charge in [0, 0.05) is 13.6 Å². The van der Waals surface area contributed by atoms with E-state index in [1.807, 2.05) is 18.2 Å². The molecular formula is C12H12N4O. The number of likely N-dealkylation sites (N-methyl/N-ethyl adjacent to an activating group) is 1. The van der Waals surface area contributed by atoms with Crippen molar-refractivity contribution in [3.63, 3.8) is 0 Å². The van der Waals surface area contributed by atoms with Crippen molar-refractivity contribution in [2.24, 2.45) is 0 Å². The van der Waals surface area contributed by atoms with Gasteiger partial charge in [-0.1, -0.05) is 6.07 Å². The number of aromatic amines is 1. The monoisotopic (exact) mass is 228 g/mol. The van der Waals surface area contributed by atoms with Crippen LogP contribution in [0.25, 0.3) is 11.0 Å². The van der Waals surface area contributed by atoms with Gasteiger partial charge in [-0.05, 0) is 24.1 Å². The molecule has 0 aliphatic carbocycles. The topological polar surface area (TPSA) is 72.8 Å². The molecule has 0 atom stereocenters. The number of carbonyl (C=O) groups excluding carboxylic acids is 1. The Kier molecular flexibility index (Phi) is 3.06. The number of hydrogen-bond donors (Lipinski definition) is 1. The zero-order valence-corrected chi connectivity index (χ0v) is 9.47. The van der Waals surface area contributed by atoms with E-state index in [2.05, 4.69) is 9.97 Å². The number of nitrogens with zero attached hydrogens (tertiary/aromatic N) is 3. The van der Waals surface area contributed by atoms with E-state index in [1.54, 1.807) is 19.4 Å². The van der Waals surface area contributed by atoms with Gasteiger partial charge in [0.25, 0.3) is 0 Å². The third-order valence-electron chi connectivity index (χ3n) is 2.66. The number of aromatic nitrogens is 2. The highest BCUT2D eigenvalue weighted by Gasteiger charge is 2.07. The van der Waals surface area contributed by atoms with Gasteiger partial charge in [0.05, 0.1) is 17.4 Å². The summed E-state index contributed by atoms with van der Waals surface area (Å²) < 4.78 is 0. The highest BCUT2D eigenvalue weighted by Crippen LogP contribution is 2.12. The number of amides is 1. The van der Waals surface area contributed by atoms with Crippen LogP contribution < -0.4 is 0 Å². The second-order valence-corrected chi connectivity index (χ2v) is 3.84. The molecule has 0 radical (unpaired) electrons. The summed E-state index contributed by atoms with van der Waals surface area (Å²) in [6.07, 6.45) is 2.37. The van der Waals surface area contributed by atoms with E-state index >= 15 is 0 Å². The number of nitriles is 1. The fraction of sp³-hybridized carbons (Fsp3) is 0.250. The average Bonchev–Trinajstić information content (AvgIpc) is 2.82. The van der Waals surface area contributed by atoms with Crippen molar-refractivity contribution >= 4 is 16.9 Å². The Balaban J connectivity index is 2.04. The van der Waals surface area contributed by atoms with Crippen LogP contribution in [0.4, 0.5) is 0 Å². The molecule has 86 valence electrons. The highest BCUT2D eigenvalue weighted by molar-refractivity contribution is 5.91. The molecule has 5 heteroatoms. The first kappa shape index (κ1) is 11.1. The van der Waals surface area contributed by atoms with Crippen LogP contribution in [0.3, 0.4) is 0 Å². The summed E-state index contributed by atoms with van der Waals surface area (Å²) in [6.45, 7) is 0.534. The second-order valence-electron chi connectivity index (χ2n) is 3.84.